The second-order valence-electron chi connectivity index (χ2n) is 5.63. The Morgan fingerprint density at radius 1 is 1.17 bits per heavy atom. The van der Waals surface area contributed by atoms with Crippen molar-refractivity contribution in [2.75, 3.05) is 0 Å². The fraction of sp³-hybridized carbons (Fsp3) is 0.625. The van der Waals surface area contributed by atoms with Crippen LogP contribution < -0.4 is 0 Å². The van der Waals surface area contributed by atoms with Gasteiger partial charge in [-0.05, 0) is 44.2 Å². The van der Waals surface area contributed by atoms with Gasteiger partial charge in [0.2, 0.25) is 0 Å². The van der Waals surface area contributed by atoms with Gasteiger partial charge in [0.25, 0.3) is 0 Å². The molecule has 1 aromatic carbocycles. The van der Waals surface area contributed by atoms with Crippen LogP contribution in [-0.4, -0.2) is 17.0 Å². The summed E-state index contributed by atoms with van der Waals surface area (Å²) in [6, 6.07) is 8.66. The first-order chi connectivity index (χ1) is 8.50. The Balaban J connectivity index is 2.08. The maximum Gasteiger partial charge on any atom is 0.0593 e. The Labute approximate surface area is 119 Å². The average Bonchev–Trinajstić information content (AvgIpc) is 2.56. The van der Waals surface area contributed by atoms with E-state index in [1.54, 1.807) is 0 Å². The van der Waals surface area contributed by atoms with Crippen LogP contribution in [0.5, 0.6) is 0 Å². The van der Waals surface area contributed by atoms with E-state index < -0.39 is 0 Å². The highest BCUT2D eigenvalue weighted by Crippen LogP contribution is 2.38. The van der Waals surface area contributed by atoms with Gasteiger partial charge >= 0.3 is 0 Å². The Bertz CT molecular complexity index is 404. The predicted molar refractivity (Wildman–Crippen MR) is 80.3 cm³/mol. The van der Waals surface area contributed by atoms with Gasteiger partial charge in [0.05, 0.1) is 12.2 Å². The average molecular weight is 311 g/mol. The van der Waals surface area contributed by atoms with Gasteiger partial charge < -0.3 is 4.74 Å². The molecule has 0 aliphatic carbocycles. The van der Waals surface area contributed by atoms with E-state index in [9.17, 15) is 0 Å². The van der Waals surface area contributed by atoms with Gasteiger partial charge in [-0.3, -0.25) is 0 Å². The minimum atomic E-state index is 0.350. The largest absolute Gasteiger partial charge is 0.375 e. The summed E-state index contributed by atoms with van der Waals surface area (Å²) in [5, 5.41) is 0. The van der Waals surface area contributed by atoms with E-state index in [1.165, 1.54) is 11.1 Å². The zero-order valence-electron chi connectivity index (χ0n) is 11.7. The highest BCUT2D eigenvalue weighted by molar-refractivity contribution is 9.09. The number of benzene rings is 1. The van der Waals surface area contributed by atoms with Crippen LogP contribution in [-0.2, 0) is 11.2 Å². The second kappa shape index (κ2) is 5.75. The zero-order valence-corrected chi connectivity index (χ0v) is 13.3. The van der Waals surface area contributed by atoms with Crippen molar-refractivity contribution in [3.05, 3.63) is 35.4 Å². The molecule has 1 aliphatic rings. The van der Waals surface area contributed by atoms with Gasteiger partial charge in [-0.15, -0.1) is 0 Å². The van der Waals surface area contributed by atoms with Gasteiger partial charge in [0.15, 0.2) is 0 Å². The third-order valence-electron chi connectivity index (χ3n) is 4.41. The minimum absolute atomic E-state index is 0.350. The molecule has 1 heterocycles. The molecule has 5 atom stereocenters. The number of ether oxygens (including phenoxy) is 1. The van der Waals surface area contributed by atoms with E-state index in [4.69, 9.17) is 4.74 Å². The Morgan fingerprint density at radius 2 is 1.83 bits per heavy atom. The highest BCUT2D eigenvalue weighted by Gasteiger charge is 2.40. The lowest BCUT2D eigenvalue weighted by Crippen LogP contribution is -2.28. The van der Waals surface area contributed by atoms with Gasteiger partial charge in [-0.25, -0.2) is 0 Å². The maximum absolute atomic E-state index is 5.95. The topological polar surface area (TPSA) is 9.23 Å². The number of aryl methyl sites for hydroxylation is 1. The molecule has 2 rings (SSSR count). The number of hydrogen-bond acceptors (Lipinski definition) is 1. The molecule has 1 nitrogen and oxygen atoms in total. The van der Waals surface area contributed by atoms with Crippen LogP contribution in [0.1, 0.15) is 31.9 Å². The fourth-order valence-electron chi connectivity index (χ4n) is 3.10. The summed E-state index contributed by atoms with van der Waals surface area (Å²) >= 11 is 3.90. The van der Waals surface area contributed by atoms with E-state index in [0.29, 0.717) is 28.9 Å². The van der Waals surface area contributed by atoms with E-state index in [0.717, 1.165) is 6.42 Å². The molecular formula is C16H23BrO. The standard InChI is InChI=1S/C16H23BrO/c1-10-7-5-6-8-14(10)9-15(17)16-11(2)12(3)18-13(16)4/h5-8,11-13,15-16H,9H2,1-4H3. The molecule has 0 aromatic heterocycles. The normalized spacial score (nSPS) is 33.6. The maximum atomic E-state index is 5.95. The van der Waals surface area contributed by atoms with Crippen LogP contribution in [0.15, 0.2) is 24.3 Å². The summed E-state index contributed by atoms with van der Waals surface area (Å²) < 4.78 is 5.95. The third kappa shape index (κ3) is 2.80. The van der Waals surface area contributed by atoms with Crippen molar-refractivity contribution < 1.29 is 4.74 Å². The van der Waals surface area contributed by atoms with Crippen LogP contribution in [0.3, 0.4) is 0 Å². The second-order valence-corrected chi connectivity index (χ2v) is 6.81. The summed E-state index contributed by atoms with van der Waals surface area (Å²) in [6.07, 6.45) is 1.81. The lowest BCUT2D eigenvalue weighted by atomic mass is 9.84. The van der Waals surface area contributed by atoms with Crippen LogP contribution in [0, 0.1) is 18.8 Å². The monoisotopic (exact) mass is 310 g/mol. The lowest BCUT2D eigenvalue weighted by Gasteiger charge is -2.25. The molecule has 0 spiro atoms. The molecule has 5 unspecified atom stereocenters. The molecule has 0 bridgehead atoms. The summed E-state index contributed by atoms with van der Waals surface area (Å²) in [5.41, 5.74) is 2.83. The number of alkyl halides is 1. The molecule has 2 heteroatoms. The Hall–Kier alpha value is -0.340. The summed E-state index contributed by atoms with van der Waals surface area (Å²) in [5.74, 6) is 1.22. The number of halogens is 1. The molecule has 0 radical (unpaired) electrons. The first kappa shape index (κ1) is 14.1. The third-order valence-corrected chi connectivity index (χ3v) is 5.35. The van der Waals surface area contributed by atoms with E-state index in [1.807, 2.05) is 0 Å². The molecule has 1 fully saturated rings. The van der Waals surface area contributed by atoms with Gasteiger partial charge in [0.1, 0.15) is 0 Å². The SMILES string of the molecule is Cc1ccccc1CC(Br)C1C(C)OC(C)C1C. The molecule has 0 N–H and O–H groups in total. The molecule has 18 heavy (non-hydrogen) atoms. The summed E-state index contributed by atoms with van der Waals surface area (Å²) in [4.78, 5) is 0.494. The minimum Gasteiger partial charge on any atom is -0.375 e. The first-order valence-corrected chi connectivity index (χ1v) is 7.76. The summed E-state index contributed by atoms with van der Waals surface area (Å²) in [6.45, 7) is 8.89. The Morgan fingerprint density at radius 3 is 2.39 bits per heavy atom. The highest BCUT2D eigenvalue weighted by atomic mass is 79.9. The molecule has 1 aliphatic heterocycles. The van der Waals surface area contributed by atoms with Crippen LogP contribution in [0.2, 0.25) is 0 Å². The smallest absolute Gasteiger partial charge is 0.0593 e. The van der Waals surface area contributed by atoms with E-state index >= 15 is 0 Å². The number of hydrogen-bond donors (Lipinski definition) is 0. The van der Waals surface area contributed by atoms with E-state index in [-0.39, 0.29) is 0 Å². The van der Waals surface area contributed by atoms with Crippen LogP contribution in [0.25, 0.3) is 0 Å². The van der Waals surface area contributed by atoms with Crippen molar-refractivity contribution in [3.63, 3.8) is 0 Å². The molecular weight excluding hydrogens is 288 g/mol. The molecule has 1 aromatic rings. The van der Waals surface area contributed by atoms with Crippen molar-refractivity contribution in [1.82, 2.24) is 0 Å². The molecule has 1 saturated heterocycles. The Kier molecular flexibility index (Phi) is 4.50. The summed E-state index contributed by atoms with van der Waals surface area (Å²) in [7, 11) is 0. The molecule has 0 amide bonds. The quantitative estimate of drug-likeness (QED) is 0.754. The molecule has 100 valence electrons. The molecule has 0 saturated carbocycles. The lowest BCUT2D eigenvalue weighted by molar-refractivity contribution is 0.0511. The predicted octanol–water partition coefficient (Wildman–Crippen LogP) is 4.36. The van der Waals surface area contributed by atoms with Crippen molar-refractivity contribution in [2.24, 2.45) is 11.8 Å². The van der Waals surface area contributed by atoms with Gasteiger partial charge in [-0.1, -0.05) is 47.1 Å². The van der Waals surface area contributed by atoms with Gasteiger partial charge in [-0.2, -0.15) is 0 Å². The van der Waals surface area contributed by atoms with Gasteiger partial charge in [0, 0.05) is 10.7 Å². The van der Waals surface area contributed by atoms with Crippen molar-refractivity contribution >= 4 is 15.9 Å². The van der Waals surface area contributed by atoms with Crippen molar-refractivity contribution in [2.45, 2.75) is 51.2 Å². The van der Waals surface area contributed by atoms with Crippen molar-refractivity contribution in [3.8, 4) is 0 Å². The fourth-order valence-corrected chi connectivity index (χ4v) is 4.36. The zero-order chi connectivity index (χ0) is 13.3. The number of rotatable bonds is 3. The van der Waals surface area contributed by atoms with E-state index in [2.05, 4.69) is 67.9 Å². The first-order valence-electron chi connectivity index (χ1n) is 6.84. The van der Waals surface area contributed by atoms with Crippen molar-refractivity contribution in [1.29, 1.82) is 0 Å². The van der Waals surface area contributed by atoms with Crippen LogP contribution >= 0.6 is 15.9 Å². The van der Waals surface area contributed by atoms with Crippen LogP contribution in [0.4, 0.5) is 0 Å².